The summed E-state index contributed by atoms with van der Waals surface area (Å²) < 4.78 is 0. The van der Waals surface area contributed by atoms with Crippen LogP contribution in [-0.4, -0.2) is 28.1 Å². The number of benzene rings is 1. The third kappa shape index (κ3) is 4.17. The number of H-pyrrole nitrogens is 1. The third-order valence-corrected chi connectivity index (χ3v) is 5.28. The number of hydrogen-bond acceptors (Lipinski definition) is 5. The lowest BCUT2D eigenvalue weighted by atomic mass is 10.2. The van der Waals surface area contributed by atoms with Gasteiger partial charge < -0.3 is 10.1 Å². The molecule has 0 radical (unpaired) electrons. The first kappa shape index (κ1) is 16.1. The molecule has 4 nitrogen and oxygen atoms in total. The van der Waals surface area contributed by atoms with Crippen LogP contribution in [0.15, 0.2) is 52.6 Å². The molecule has 2 heterocycles. The summed E-state index contributed by atoms with van der Waals surface area (Å²) in [6.07, 6.45) is 0. The maximum Gasteiger partial charge on any atom is 0.305 e. The predicted octanol–water partition coefficient (Wildman–Crippen LogP) is 3.16. The SMILES string of the molecule is O=c1[nH]c(-c2cccs2)c(CN(CCO)Cc2ccccc2)s1. The summed E-state index contributed by atoms with van der Waals surface area (Å²) in [5.74, 6) is 0. The van der Waals surface area contributed by atoms with Crippen LogP contribution < -0.4 is 4.87 Å². The van der Waals surface area contributed by atoms with Crippen molar-refractivity contribution in [2.45, 2.75) is 13.1 Å². The van der Waals surface area contributed by atoms with E-state index < -0.39 is 0 Å². The fraction of sp³-hybridized carbons (Fsp3) is 0.235. The van der Waals surface area contributed by atoms with Crippen molar-refractivity contribution < 1.29 is 5.11 Å². The van der Waals surface area contributed by atoms with E-state index in [1.54, 1.807) is 11.3 Å². The van der Waals surface area contributed by atoms with Crippen LogP contribution in [0.2, 0.25) is 0 Å². The number of thiophene rings is 1. The summed E-state index contributed by atoms with van der Waals surface area (Å²) in [6.45, 7) is 2.06. The number of aromatic amines is 1. The van der Waals surface area contributed by atoms with Crippen molar-refractivity contribution in [3.63, 3.8) is 0 Å². The molecular formula is C17H18N2O2S2. The maximum absolute atomic E-state index is 11.8. The van der Waals surface area contributed by atoms with E-state index in [2.05, 4.69) is 22.0 Å². The zero-order valence-corrected chi connectivity index (χ0v) is 14.2. The first-order valence-electron chi connectivity index (χ1n) is 7.39. The Morgan fingerprint density at radius 1 is 1.09 bits per heavy atom. The van der Waals surface area contributed by atoms with Crippen molar-refractivity contribution in [3.8, 4) is 10.6 Å². The minimum absolute atomic E-state index is 0.0351. The monoisotopic (exact) mass is 346 g/mol. The van der Waals surface area contributed by atoms with E-state index in [4.69, 9.17) is 0 Å². The molecule has 0 aliphatic rings. The molecule has 3 aromatic rings. The maximum atomic E-state index is 11.8. The van der Waals surface area contributed by atoms with Crippen molar-refractivity contribution >= 4 is 22.7 Å². The second kappa shape index (κ2) is 7.70. The van der Waals surface area contributed by atoms with Gasteiger partial charge in [0.2, 0.25) is 0 Å². The predicted molar refractivity (Wildman–Crippen MR) is 95.9 cm³/mol. The van der Waals surface area contributed by atoms with Crippen molar-refractivity contribution in [3.05, 3.63) is 68.0 Å². The Morgan fingerprint density at radius 3 is 2.61 bits per heavy atom. The summed E-state index contributed by atoms with van der Waals surface area (Å²) in [6, 6.07) is 14.2. The number of hydrogen-bond donors (Lipinski definition) is 2. The van der Waals surface area contributed by atoms with Crippen LogP contribution in [0.4, 0.5) is 0 Å². The van der Waals surface area contributed by atoms with Crippen LogP contribution in [0.5, 0.6) is 0 Å². The highest BCUT2D eigenvalue weighted by molar-refractivity contribution is 7.14. The molecule has 0 saturated carbocycles. The summed E-state index contributed by atoms with van der Waals surface area (Å²) in [7, 11) is 0. The second-order valence-corrected chi connectivity index (χ2v) is 7.23. The topological polar surface area (TPSA) is 56.3 Å². The molecule has 0 amide bonds. The minimum atomic E-state index is -0.0351. The molecule has 1 aromatic carbocycles. The number of aromatic nitrogens is 1. The number of nitrogens with one attached hydrogen (secondary N) is 1. The average Bonchev–Trinajstić information content (AvgIpc) is 3.18. The molecule has 3 rings (SSSR count). The van der Waals surface area contributed by atoms with Gasteiger partial charge in [-0.05, 0) is 17.0 Å². The average molecular weight is 346 g/mol. The fourth-order valence-electron chi connectivity index (χ4n) is 2.49. The fourth-order valence-corrected chi connectivity index (χ4v) is 4.20. The number of aliphatic hydroxyl groups excluding tert-OH is 1. The molecule has 0 aliphatic carbocycles. The van der Waals surface area contributed by atoms with Gasteiger partial charge in [0.15, 0.2) is 0 Å². The Kier molecular flexibility index (Phi) is 5.40. The zero-order valence-electron chi connectivity index (χ0n) is 12.6. The first-order chi connectivity index (χ1) is 11.3. The third-order valence-electron chi connectivity index (χ3n) is 3.52. The van der Waals surface area contributed by atoms with Crippen molar-refractivity contribution in [1.82, 2.24) is 9.88 Å². The molecule has 0 atom stereocenters. The van der Waals surface area contributed by atoms with Gasteiger partial charge in [-0.15, -0.1) is 11.3 Å². The zero-order chi connectivity index (χ0) is 16.1. The molecule has 2 N–H and O–H groups in total. The van der Waals surface area contributed by atoms with Crippen molar-refractivity contribution in [2.24, 2.45) is 0 Å². The van der Waals surface area contributed by atoms with Crippen LogP contribution in [0.1, 0.15) is 10.4 Å². The van der Waals surface area contributed by atoms with E-state index in [0.717, 1.165) is 22.0 Å². The summed E-state index contributed by atoms with van der Waals surface area (Å²) in [4.78, 5) is 19.0. The highest BCUT2D eigenvalue weighted by Crippen LogP contribution is 2.28. The molecule has 0 unspecified atom stereocenters. The number of nitrogens with zero attached hydrogens (tertiary/aromatic N) is 1. The van der Waals surface area contributed by atoms with E-state index in [1.165, 1.54) is 16.9 Å². The van der Waals surface area contributed by atoms with E-state index in [-0.39, 0.29) is 11.5 Å². The first-order valence-corrected chi connectivity index (χ1v) is 9.09. The molecular weight excluding hydrogens is 328 g/mol. The molecule has 0 saturated heterocycles. The van der Waals surface area contributed by atoms with Gasteiger partial charge in [-0.1, -0.05) is 47.7 Å². The van der Waals surface area contributed by atoms with Gasteiger partial charge in [0.1, 0.15) is 0 Å². The lowest BCUT2D eigenvalue weighted by Gasteiger charge is -2.21. The molecule has 0 aliphatic heterocycles. The summed E-state index contributed by atoms with van der Waals surface area (Å²) in [5.41, 5.74) is 2.10. The van der Waals surface area contributed by atoms with Gasteiger partial charge in [-0.3, -0.25) is 9.69 Å². The van der Waals surface area contributed by atoms with Gasteiger partial charge in [0, 0.05) is 24.5 Å². The molecule has 120 valence electrons. The molecule has 0 bridgehead atoms. The highest BCUT2D eigenvalue weighted by atomic mass is 32.1. The lowest BCUT2D eigenvalue weighted by molar-refractivity contribution is 0.185. The van der Waals surface area contributed by atoms with Gasteiger partial charge >= 0.3 is 4.87 Å². The summed E-state index contributed by atoms with van der Waals surface area (Å²) >= 11 is 2.87. The standard InChI is InChI=1S/C17H18N2O2S2/c20-9-8-19(11-13-5-2-1-3-6-13)12-15-16(18-17(21)23-15)14-7-4-10-22-14/h1-7,10,20H,8-9,11-12H2,(H,18,21). The summed E-state index contributed by atoms with van der Waals surface area (Å²) in [5, 5.41) is 11.3. The Hall–Kier alpha value is -1.73. The Balaban J connectivity index is 1.82. The Labute approximate surface area is 142 Å². The lowest BCUT2D eigenvalue weighted by Crippen LogP contribution is -2.25. The largest absolute Gasteiger partial charge is 0.395 e. The molecule has 0 fully saturated rings. The minimum Gasteiger partial charge on any atom is -0.395 e. The van der Waals surface area contributed by atoms with Crippen molar-refractivity contribution in [2.75, 3.05) is 13.2 Å². The van der Waals surface area contributed by atoms with Gasteiger partial charge in [-0.2, -0.15) is 0 Å². The Bertz CT molecular complexity index is 779. The van der Waals surface area contributed by atoms with Crippen LogP contribution in [-0.2, 0) is 13.1 Å². The molecule has 6 heteroatoms. The van der Waals surface area contributed by atoms with E-state index in [9.17, 15) is 9.90 Å². The van der Waals surface area contributed by atoms with Gasteiger partial charge in [-0.25, -0.2) is 0 Å². The van der Waals surface area contributed by atoms with Crippen LogP contribution in [0, 0.1) is 0 Å². The van der Waals surface area contributed by atoms with E-state index in [1.807, 2.05) is 35.7 Å². The molecule has 23 heavy (non-hydrogen) atoms. The Morgan fingerprint density at radius 2 is 1.91 bits per heavy atom. The van der Waals surface area contributed by atoms with Crippen molar-refractivity contribution in [1.29, 1.82) is 0 Å². The number of thiazole rings is 1. The molecule has 2 aromatic heterocycles. The second-order valence-electron chi connectivity index (χ2n) is 5.21. The molecule has 0 spiro atoms. The van der Waals surface area contributed by atoms with E-state index >= 15 is 0 Å². The number of aliphatic hydroxyl groups is 1. The van der Waals surface area contributed by atoms with Gasteiger partial charge in [0.05, 0.1) is 17.2 Å². The quantitative estimate of drug-likeness (QED) is 0.691. The van der Waals surface area contributed by atoms with Crippen LogP contribution in [0.3, 0.4) is 0 Å². The smallest absolute Gasteiger partial charge is 0.305 e. The van der Waals surface area contributed by atoms with Crippen LogP contribution in [0.25, 0.3) is 10.6 Å². The highest BCUT2D eigenvalue weighted by Gasteiger charge is 2.15. The van der Waals surface area contributed by atoms with Gasteiger partial charge in [0.25, 0.3) is 0 Å². The van der Waals surface area contributed by atoms with Crippen LogP contribution >= 0.6 is 22.7 Å². The number of rotatable bonds is 7. The normalized spacial score (nSPS) is 11.2. The van der Waals surface area contributed by atoms with E-state index in [0.29, 0.717) is 13.1 Å².